The van der Waals surface area contributed by atoms with Crippen LogP contribution in [0.25, 0.3) is 11.1 Å². The summed E-state index contributed by atoms with van der Waals surface area (Å²) >= 11 is 5.94. The van der Waals surface area contributed by atoms with Gasteiger partial charge in [-0.25, -0.2) is 4.79 Å². The summed E-state index contributed by atoms with van der Waals surface area (Å²) in [5.74, 6) is -0.350. The van der Waals surface area contributed by atoms with E-state index in [2.05, 4.69) is 0 Å². The standard InChI is InChI=1S/C18H19ClO3/c1-18(2,3)22-17(21)13-6-4-12(5-7-13)16-9-8-15(19)10-14(16)11-20/h4-10,20H,11H2,1-3H3. The van der Waals surface area contributed by atoms with Crippen LogP contribution in [0.2, 0.25) is 5.02 Å². The maximum absolute atomic E-state index is 12.0. The van der Waals surface area contributed by atoms with Gasteiger partial charge in [-0.15, -0.1) is 0 Å². The highest BCUT2D eigenvalue weighted by atomic mass is 35.5. The molecule has 0 aliphatic heterocycles. The molecule has 0 spiro atoms. The van der Waals surface area contributed by atoms with Crippen LogP contribution in [-0.4, -0.2) is 16.7 Å². The molecule has 116 valence electrons. The van der Waals surface area contributed by atoms with Gasteiger partial charge >= 0.3 is 5.97 Å². The van der Waals surface area contributed by atoms with E-state index >= 15 is 0 Å². The zero-order valence-electron chi connectivity index (χ0n) is 12.9. The molecule has 0 unspecified atom stereocenters. The van der Waals surface area contributed by atoms with E-state index in [4.69, 9.17) is 16.3 Å². The number of aliphatic hydroxyl groups excluding tert-OH is 1. The Morgan fingerprint density at radius 2 is 1.77 bits per heavy atom. The summed E-state index contributed by atoms with van der Waals surface area (Å²) in [5, 5.41) is 10.0. The normalized spacial score (nSPS) is 11.3. The average Bonchev–Trinajstić information content (AvgIpc) is 2.45. The van der Waals surface area contributed by atoms with E-state index in [0.29, 0.717) is 10.6 Å². The van der Waals surface area contributed by atoms with E-state index < -0.39 is 5.60 Å². The van der Waals surface area contributed by atoms with Crippen LogP contribution in [0.15, 0.2) is 42.5 Å². The Bertz CT molecular complexity index is 670. The fourth-order valence-electron chi connectivity index (χ4n) is 2.10. The van der Waals surface area contributed by atoms with Crippen molar-refractivity contribution in [3.63, 3.8) is 0 Å². The summed E-state index contributed by atoms with van der Waals surface area (Å²) in [5.41, 5.74) is 2.53. The molecule has 0 fully saturated rings. The van der Waals surface area contributed by atoms with Crippen LogP contribution in [0.1, 0.15) is 36.7 Å². The third-order valence-electron chi connectivity index (χ3n) is 3.07. The number of carbonyl (C=O) groups excluding carboxylic acids is 1. The zero-order valence-corrected chi connectivity index (χ0v) is 13.6. The van der Waals surface area contributed by atoms with Gasteiger partial charge in [0.2, 0.25) is 0 Å². The number of hydrogen-bond donors (Lipinski definition) is 1. The van der Waals surface area contributed by atoms with Gasteiger partial charge in [-0.3, -0.25) is 0 Å². The molecular formula is C18H19ClO3. The topological polar surface area (TPSA) is 46.5 Å². The van der Waals surface area contributed by atoms with Crippen molar-refractivity contribution in [1.29, 1.82) is 0 Å². The highest BCUT2D eigenvalue weighted by Gasteiger charge is 2.17. The molecule has 2 rings (SSSR count). The molecule has 4 heteroatoms. The van der Waals surface area contributed by atoms with E-state index in [9.17, 15) is 9.90 Å². The van der Waals surface area contributed by atoms with Gasteiger partial charge < -0.3 is 9.84 Å². The summed E-state index contributed by atoms with van der Waals surface area (Å²) in [4.78, 5) is 12.0. The molecule has 0 saturated carbocycles. The third kappa shape index (κ3) is 4.09. The van der Waals surface area contributed by atoms with E-state index in [1.807, 2.05) is 39.0 Å². The fourth-order valence-corrected chi connectivity index (χ4v) is 2.29. The Hall–Kier alpha value is -1.84. The fraction of sp³-hybridized carbons (Fsp3) is 0.278. The molecular weight excluding hydrogens is 300 g/mol. The minimum Gasteiger partial charge on any atom is -0.456 e. The van der Waals surface area contributed by atoms with Crippen LogP contribution >= 0.6 is 11.6 Å². The van der Waals surface area contributed by atoms with Crippen LogP contribution in [0.3, 0.4) is 0 Å². The van der Waals surface area contributed by atoms with E-state index in [1.54, 1.807) is 24.3 Å². The van der Waals surface area contributed by atoms with Gasteiger partial charge in [0.05, 0.1) is 12.2 Å². The van der Waals surface area contributed by atoms with E-state index in [0.717, 1.165) is 16.7 Å². The molecule has 0 aliphatic carbocycles. The van der Waals surface area contributed by atoms with Gasteiger partial charge in [0, 0.05) is 5.02 Å². The predicted octanol–water partition coefficient (Wildman–Crippen LogP) is 4.45. The predicted molar refractivity (Wildman–Crippen MR) is 88.0 cm³/mol. The van der Waals surface area contributed by atoms with Crippen molar-refractivity contribution in [2.24, 2.45) is 0 Å². The summed E-state index contributed by atoms with van der Waals surface area (Å²) in [7, 11) is 0. The summed E-state index contributed by atoms with van der Waals surface area (Å²) in [6.07, 6.45) is 0. The molecule has 2 aromatic carbocycles. The maximum Gasteiger partial charge on any atom is 0.338 e. The number of rotatable bonds is 3. The zero-order chi connectivity index (χ0) is 16.3. The molecule has 0 aromatic heterocycles. The smallest absolute Gasteiger partial charge is 0.338 e. The minimum absolute atomic E-state index is 0.0935. The van der Waals surface area contributed by atoms with Crippen LogP contribution < -0.4 is 0 Å². The number of carbonyl (C=O) groups is 1. The van der Waals surface area contributed by atoms with Gasteiger partial charge in [-0.1, -0.05) is 29.8 Å². The summed E-state index contributed by atoms with van der Waals surface area (Å²) < 4.78 is 5.33. The van der Waals surface area contributed by atoms with E-state index in [-0.39, 0.29) is 12.6 Å². The first kappa shape index (κ1) is 16.5. The lowest BCUT2D eigenvalue weighted by Gasteiger charge is -2.19. The van der Waals surface area contributed by atoms with Gasteiger partial charge in [0.1, 0.15) is 5.60 Å². The minimum atomic E-state index is -0.518. The first-order valence-corrected chi connectivity index (χ1v) is 7.41. The Labute approximate surface area is 135 Å². The van der Waals surface area contributed by atoms with Crippen molar-refractivity contribution in [1.82, 2.24) is 0 Å². The SMILES string of the molecule is CC(C)(C)OC(=O)c1ccc(-c2ccc(Cl)cc2CO)cc1. The van der Waals surface area contributed by atoms with Crippen molar-refractivity contribution in [3.05, 3.63) is 58.6 Å². The largest absolute Gasteiger partial charge is 0.456 e. The first-order chi connectivity index (χ1) is 10.3. The maximum atomic E-state index is 12.0. The molecule has 3 nitrogen and oxygen atoms in total. The molecule has 0 atom stereocenters. The first-order valence-electron chi connectivity index (χ1n) is 7.03. The average molecular weight is 319 g/mol. The van der Waals surface area contributed by atoms with Gasteiger partial charge in [-0.2, -0.15) is 0 Å². The van der Waals surface area contributed by atoms with Crippen molar-refractivity contribution in [3.8, 4) is 11.1 Å². The van der Waals surface area contributed by atoms with Gasteiger partial charge in [0.15, 0.2) is 0 Å². The number of ether oxygens (including phenoxy) is 1. The summed E-state index contributed by atoms with van der Waals surface area (Å²) in [6.45, 7) is 5.41. The molecule has 0 aliphatic rings. The third-order valence-corrected chi connectivity index (χ3v) is 3.30. The van der Waals surface area contributed by atoms with Gasteiger partial charge in [-0.05, 0) is 61.7 Å². The Morgan fingerprint density at radius 1 is 1.14 bits per heavy atom. The van der Waals surface area contributed by atoms with Crippen molar-refractivity contribution < 1.29 is 14.6 Å². The second-order valence-electron chi connectivity index (χ2n) is 6.04. The molecule has 2 aromatic rings. The van der Waals surface area contributed by atoms with Gasteiger partial charge in [0.25, 0.3) is 0 Å². The number of benzene rings is 2. The van der Waals surface area contributed by atoms with Crippen molar-refractivity contribution in [2.45, 2.75) is 33.0 Å². The highest BCUT2D eigenvalue weighted by Crippen LogP contribution is 2.27. The van der Waals surface area contributed by atoms with Crippen LogP contribution in [-0.2, 0) is 11.3 Å². The van der Waals surface area contributed by atoms with E-state index in [1.165, 1.54) is 0 Å². The molecule has 1 N–H and O–H groups in total. The quantitative estimate of drug-likeness (QED) is 0.850. The molecule has 0 radical (unpaired) electrons. The lowest BCUT2D eigenvalue weighted by molar-refractivity contribution is 0.00696. The van der Waals surface area contributed by atoms with Crippen LogP contribution in [0.4, 0.5) is 0 Å². The lowest BCUT2D eigenvalue weighted by Crippen LogP contribution is -2.23. The summed E-state index contributed by atoms with van der Waals surface area (Å²) in [6, 6.07) is 12.5. The number of esters is 1. The highest BCUT2D eigenvalue weighted by molar-refractivity contribution is 6.30. The lowest BCUT2D eigenvalue weighted by atomic mass is 9.99. The molecule has 22 heavy (non-hydrogen) atoms. The number of hydrogen-bond acceptors (Lipinski definition) is 3. The molecule has 0 amide bonds. The van der Waals surface area contributed by atoms with Crippen LogP contribution in [0, 0.1) is 0 Å². The molecule has 0 heterocycles. The molecule has 0 bridgehead atoms. The number of aliphatic hydroxyl groups is 1. The number of halogens is 1. The Morgan fingerprint density at radius 3 is 2.32 bits per heavy atom. The monoisotopic (exact) mass is 318 g/mol. The second kappa shape index (κ2) is 6.51. The van der Waals surface area contributed by atoms with Crippen LogP contribution in [0.5, 0.6) is 0 Å². The van der Waals surface area contributed by atoms with Crippen molar-refractivity contribution >= 4 is 17.6 Å². The molecule has 0 saturated heterocycles. The van der Waals surface area contributed by atoms with Crippen molar-refractivity contribution in [2.75, 3.05) is 0 Å². The second-order valence-corrected chi connectivity index (χ2v) is 6.48. The Balaban J connectivity index is 2.28. The Kier molecular flexibility index (Phi) is 4.89.